The molecule has 0 radical (unpaired) electrons. The molecule has 0 spiro atoms. The van der Waals surface area contributed by atoms with Crippen LogP contribution in [0.4, 0.5) is 0 Å². The molecule has 1 aromatic rings. The van der Waals surface area contributed by atoms with Gasteiger partial charge in [0.15, 0.2) is 0 Å². The maximum atomic E-state index is 7.07. The van der Waals surface area contributed by atoms with Gasteiger partial charge in [0.05, 0.1) is 0 Å². The highest BCUT2D eigenvalue weighted by atomic mass is 35.5. The van der Waals surface area contributed by atoms with Gasteiger partial charge < -0.3 is 11.5 Å². The van der Waals surface area contributed by atoms with Crippen molar-refractivity contribution in [2.75, 3.05) is 0 Å². The lowest BCUT2D eigenvalue weighted by atomic mass is 10.3. The number of rotatable bonds is 2. The van der Waals surface area contributed by atoms with E-state index in [0.717, 1.165) is 10.4 Å². The van der Waals surface area contributed by atoms with E-state index in [2.05, 4.69) is 0 Å². The van der Waals surface area contributed by atoms with Crippen LogP contribution in [0.3, 0.4) is 0 Å². The van der Waals surface area contributed by atoms with E-state index in [0.29, 0.717) is 6.54 Å². The highest BCUT2D eigenvalue weighted by molar-refractivity contribution is 7.10. The molecule has 0 fully saturated rings. The molecule has 70 valence electrons. The largest absolute Gasteiger partial charge is 0.384 e. The van der Waals surface area contributed by atoms with Crippen molar-refractivity contribution in [2.24, 2.45) is 11.5 Å². The third-order valence-electron chi connectivity index (χ3n) is 1.17. The van der Waals surface area contributed by atoms with Crippen molar-refractivity contribution in [3.8, 4) is 0 Å². The van der Waals surface area contributed by atoms with Crippen molar-refractivity contribution >= 4 is 42.0 Å². The molecule has 0 saturated heterocycles. The van der Waals surface area contributed by atoms with Crippen molar-refractivity contribution < 1.29 is 0 Å². The van der Waals surface area contributed by atoms with Gasteiger partial charge in [-0.05, 0) is 6.07 Å². The molecule has 5 N–H and O–H groups in total. The lowest BCUT2D eigenvalue weighted by Gasteiger charge is -1.87. The summed E-state index contributed by atoms with van der Waals surface area (Å²) in [5.41, 5.74) is 11.4. The van der Waals surface area contributed by atoms with Crippen LogP contribution >= 0.6 is 36.2 Å². The molecule has 1 rings (SSSR count). The Kier molecular flexibility index (Phi) is 7.42. The molecular formula is C6H11Cl2N3S. The van der Waals surface area contributed by atoms with Gasteiger partial charge in [-0.3, -0.25) is 5.41 Å². The van der Waals surface area contributed by atoms with Crippen LogP contribution in [-0.4, -0.2) is 5.84 Å². The van der Waals surface area contributed by atoms with E-state index >= 15 is 0 Å². The topological polar surface area (TPSA) is 75.9 Å². The third-order valence-corrected chi connectivity index (χ3v) is 2.12. The molecule has 0 amide bonds. The van der Waals surface area contributed by atoms with Crippen molar-refractivity contribution in [3.63, 3.8) is 0 Å². The Labute approximate surface area is 87.5 Å². The van der Waals surface area contributed by atoms with Crippen LogP contribution in [-0.2, 0) is 6.54 Å². The average molecular weight is 228 g/mol. The van der Waals surface area contributed by atoms with Gasteiger partial charge in [-0.1, -0.05) is 0 Å². The molecule has 1 aromatic heterocycles. The van der Waals surface area contributed by atoms with E-state index in [9.17, 15) is 0 Å². The maximum absolute atomic E-state index is 7.07. The second-order valence-electron chi connectivity index (χ2n) is 1.92. The molecule has 0 atom stereocenters. The van der Waals surface area contributed by atoms with Crippen molar-refractivity contribution in [3.05, 3.63) is 21.9 Å². The molecule has 0 saturated carbocycles. The number of thiophene rings is 1. The Bertz CT molecular complexity index is 249. The fourth-order valence-corrected chi connectivity index (χ4v) is 1.39. The minimum Gasteiger partial charge on any atom is -0.384 e. The summed E-state index contributed by atoms with van der Waals surface area (Å²) in [5.74, 6) is 0.107. The van der Waals surface area contributed by atoms with Crippen LogP contribution in [0.25, 0.3) is 0 Å². The predicted octanol–water partition coefficient (Wildman–Crippen LogP) is 1.33. The molecule has 1 heterocycles. The second kappa shape index (κ2) is 6.25. The number of nitrogen functional groups attached to an aromatic ring is 1. The molecule has 6 heteroatoms. The van der Waals surface area contributed by atoms with Gasteiger partial charge in [0.1, 0.15) is 5.84 Å². The summed E-state index contributed by atoms with van der Waals surface area (Å²) < 4.78 is 0. The van der Waals surface area contributed by atoms with Gasteiger partial charge in [-0.2, -0.15) is 0 Å². The highest BCUT2D eigenvalue weighted by Crippen LogP contribution is 2.12. The fraction of sp³-hybridized carbons (Fsp3) is 0.167. The van der Waals surface area contributed by atoms with E-state index in [4.69, 9.17) is 16.9 Å². The van der Waals surface area contributed by atoms with E-state index in [1.54, 1.807) is 0 Å². The fourth-order valence-electron chi connectivity index (χ4n) is 0.629. The van der Waals surface area contributed by atoms with Crippen molar-refractivity contribution in [2.45, 2.75) is 6.54 Å². The lowest BCUT2D eigenvalue weighted by molar-refractivity contribution is 1.11. The molecule has 0 aliphatic carbocycles. The summed E-state index contributed by atoms with van der Waals surface area (Å²) in [4.78, 5) is 1.06. The summed E-state index contributed by atoms with van der Waals surface area (Å²) in [7, 11) is 0. The van der Waals surface area contributed by atoms with E-state index < -0.39 is 0 Å². The number of nitrogens with two attached hydrogens (primary N) is 2. The molecule has 0 aliphatic heterocycles. The Morgan fingerprint density at radius 3 is 2.33 bits per heavy atom. The Morgan fingerprint density at radius 2 is 2.08 bits per heavy atom. The first kappa shape index (κ1) is 14.2. The van der Waals surface area contributed by atoms with Crippen LogP contribution in [0.2, 0.25) is 0 Å². The number of hydrogen-bond donors (Lipinski definition) is 3. The quantitative estimate of drug-likeness (QED) is 0.527. The third kappa shape index (κ3) is 3.40. The minimum atomic E-state index is 0. The lowest BCUT2D eigenvalue weighted by Crippen LogP contribution is -2.09. The van der Waals surface area contributed by atoms with Gasteiger partial charge >= 0.3 is 0 Å². The Morgan fingerprint density at radius 1 is 1.50 bits per heavy atom. The van der Waals surface area contributed by atoms with Gasteiger partial charge in [0.2, 0.25) is 0 Å². The Hall–Kier alpha value is -0.290. The molecule has 0 aliphatic rings. The molecule has 3 nitrogen and oxygen atoms in total. The number of nitrogens with one attached hydrogen (secondary N) is 1. The standard InChI is InChI=1S/C6H9N3S.2ClH/c7-2-5-1-4(3-10-5)6(8)9;;/h1,3H,2,7H2,(H3,8,9);2*1H. The molecule has 0 unspecified atom stereocenters. The monoisotopic (exact) mass is 227 g/mol. The Balaban J connectivity index is 0. The number of halogens is 2. The van der Waals surface area contributed by atoms with Crippen molar-refractivity contribution in [1.29, 1.82) is 5.41 Å². The molecule has 0 aromatic carbocycles. The first-order valence-electron chi connectivity index (χ1n) is 2.86. The normalized spacial score (nSPS) is 8.08. The van der Waals surface area contributed by atoms with Gasteiger partial charge in [-0.25, -0.2) is 0 Å². The van der Waals surface area contributed by atoms with Crippen LogP contribution in [0.5, 0.6) is 0 Å². The zero-order valence-corrected chi connectivity index (χ0v) is 8.69. The van der Waals surface area contributed by atoms with Crippen LogP contribution in [0, 0.1) is 5.41 Å². The summed E-state index contributed by atoms with van der Waals surface area (Å²) in [6.07, 6.45) is 0. The summed E-state index contributed by atoms with van der Waals surface area (Å²) >= 11 is 1.53. The summed E-state index contributed by atoms with van der Waals surface area (Å²) in [6, 6.07) is 1.84. The predicted molar refractivity (Wildman–Crippen MR) is 57.7 cm³/mol. The first-order chi connectivity index (χ1) is 4.74. The molecule has 12 heavy (non-hydrogen) atoms. The van der Waals surface area contributed by atoms with Gasteiger partial charge in [-0.15, -0.1) is 36.2 Å². The van der Waals surface area contributed by atoms with E-state index in [1.807, 2.05) is 11.4 Å². The van der Waals surface area contributed by atoms with Crippen molar-refractivity contribution in [1.82, 2.24) is 0 Å². The molecular weight excluding hydrogens is 217 g/mol. The summed E-state index contributed by atoms with van der Waals surface area (Å²) in [5, 5.41) is 8.91. The summed E-state index contributed by atoms with van der Waals surface area (Å²) in [6.45, 7) is 0.526. The van der Waals surface area contributed by atoms with E-state index in [1.165, 1.54) is 11.3 Å². The van der Waals surface area contributed by atoms with Crippen LogP contribution in [0.15, 0.2) is 11.4 Å². The number of hydrogen-bond acceptors (Lipinski definition) is 3. The minimum absolute atomic E-state index is 0. The maximum Gasteiger partial charge on any atom is 0.123 e. The highest BCUT2D eigenvalue weighted by Gasteiger charge is 1.98. The first-order valence-corrected chi connectivity index (χ1v) is 3.74. The number of amidine groups is 1. The zero-order chi connectivity index (χ0) is 7.56. The van der Waals surface area contributed by atoms with E-state index in [-0.39, 0.29) is 30.6 Å². The van der Waals surface area contributed by atoms with Crippen LogP contribution < -0.4 is 11.5 Å². The van der Waals surface area contributed by atoms with Crippen LogP contribution in [0.1, 0.15) is 10.4 Å². The average Bonchev–Trinajstić information content (AvgIpc) is 2.34. The zero-order valence-electron chi connectivity index (χ0n) is 6.24. The van der Waals surface area contributed by atoms with Gasteiger partial charge in [0, 0.05) is 22.4 Å². The smallest absolute Gasteiger partial charge is 0.123 e. The second-order valence-corrected chi connectivity index (χ2v) is 2.92. The SMILES string of the molecule is Cl.Cl.N=C(N)c1csc(CN)c1. The van der Waals surface area contributed by atoms with Gasteiger partial charge in [0.25, 0.3) is 0 Å². The molecule has 0 bridgehead atoms.